The van der Waals surface area contributed by atoms with Crippen molar-refractivity contribution >= 4 is 23.1 Å². The average Bonchev–Trinajstić information content (AvgIpc) is 3.52. The SMILES string of the molecule is CC(C)(C)OC(=O)N1CCC(Nc2cccc(-c3cnc4ccc(-c5cnn6ccccc56)nn34)n2)CC1. The Balaban J connectivity index is 1.20. The number of fused-ring (bicyclic) bond motifs is 2. The predicted molar refractivity (Wildman–Crippen MR) is 145 cm³/mol. The lowest BCUT2D eigenvalue weighted by Crippen LogP contribution is -2.44. The molecule has 1 aliphatic heterocycles. The molecule has 6 rings (SSSR count). The van der Waals surface area contributed by atoms with Crippen LogP contribution in [0.15, 0.2) is 67.1 Å². The molecule has 0 bridgehead atoms. The Morgan fingerprint density at radius 1 is 1.00 bits per heavy atom. The fraction of sp³-hybridized carbons (Fsp3) is 0.321. The molecule has 0 radical (unpaired) electrons. The van der Waals surface area contributed by atoms with Gasteiger partial charge in [0.15, 0.2) is 5.65 Å². The van der Waals surface area contributed by atoms with Gasteiger partial charge in [-0.3, -0.25) is 0 Å². The molecule has 0 unspecified atom stereocenters. The van der Waals surface area contributed by atoms with Gasteiger partial charge in [-0.2, -0.15) is 10.2 Å². The lowest BCUT2D eigenvalue weighted by Gasteiger charge is -2.33. The van der Waals surface area contributed by atoms with Crippen LogP contribution >= 0.6 is 0 Å². The minimum absolute atomic E-state index is 0.221. The van der Waals surface area contributed by atoms with Crippen molar-refractivity contribution in [1.82, 2.24) is 34.1 Å². The fourth-order valence-electron chi connectivity index (χ4n) is 4.72. The second-order valence-electron chi connectivity index (χ2n) is 10.5. The van der Waals surface area contributed by atoms with Crippen LogP contribution in [0, 0.1) is 0 Å². The Kier molecular flexibility index (Phi) is 5.94. The highest BCUT2D eigenvalue weighted by molar-refractivity contribution is 5.78. The van der Waals surface area contributed by atoms with E-state index in [2.05, 4.69) is 15.4 Å². The smallest absolute Gasteiger partial charge is 0.410 e. The maximum absolute atomic E-state index is 12.4. The van der Waals surface area contributed by atoms with Crippen molar-refractivity contribution in [3.8, 4) is 22.6 Å². The van der Waals surface area contributed by atoms with E-state index in [4.69, 9.17) is 14.8 Å². The first-order chi connectivity index (χ1) is 18.3. The van der Waals surface area contributed by atoms with E-state index < -0.39 is 5.60 Å². The van der Waals surface area contributed by atoms with Crippen LogP contribution in [0.4, 0.5) is 10.6 Å². The molecule has 0 atom stereocenters. The lowest BCUT2D eigenvalue weighted by molar-refractivity contribution is 0.0210. The summed E-state index contributed by atoms with van der Waals surface area (Å²) in [6.45, 7) is 6.96. The van der Waals surface area contributed by atoms with Gasteiger partial charge in [-0.25, -0.2) is 23.8 Å². The predicted octanol–water partition coefficient (Wildman–Crippen LogP) is 4.92. The van der Waals surface area contributed by atoms with Crippen molar-refractivity contribution in [2.24, 2.45) is 0 Å². The Hall–Kier alpha value is -4.47. The number of pyridine rings is 2. The van der Waals surface area contributed by atoms with Gasteiger partial charge in [0, 0.05) is 30.9 Å². The van der Waals surface area contributed by atoms with Gasteiger partial charge >= 0.3 is 6.09 Å². The van der Waals surface area contributed by atoms with Crippen molar-refractivity contribution in [1.29, 1.82) is 0 Å². The average molecular weight is 511 g/mol. The summed E-state index contributed by atoms with van der Waals surface area (Å²) >= 11 is 0. The fourth-order valence-corrected chi connectivity index (χ4v) is 4.72. The summed E-state index contributed by atoms with van der Waals surface area (Å²) in [5.74, 6) is 0.784. The molecule has 1 aliphatic rings. The Bertz CT molecular complexity index is 1610. The standard InChI is InChI=1S/C28H30N8O2/c1-28(2,3)38-27(37)34-15-12-19(13-16-34)31-25-9-6-7-22(32-25)24-18-29-26-11-10-21(33-36(24)26)20-17-30-35-14-5-4-8-23(20)35/h4-11,14,17-19H,12-13,15-16H2,1-3H3,(H,31,32). The maximum atomic E-state index is 12.4. The number of piperidine rings is 1. The summed E-state index contributed by atoms with van der Waals surface area (Å²) in [6, 6.07) is 16.0. The Morgan fingerprint density at radius 2 is 1.84 bits per heavy atom. The van der Waals surface area contributed by atoms with E-state index in [0.29, 0.717) is 13.1 Å². The molecule has 194 valence electrons. The van der Waals surface area contributed by atoms with E-state index >= 15 is 0 Å². The van der Waals surface area contributed by atoms with E-state index in [0.717, 1.165) is 52.5 Å². The molecule has 5 aromatic rings. The highest BCUT2D eigenvalue weighted by Crippen LogP contribution is 2.26. The van der Waals surface area contributed by atoms with Gasteiger partial charge in [-0.1, -0.05) is 12.1 Å². The maximum Gasteiger partial charge on any atom is 0.410 e. The molecule has 1 saturated heterocycles. The van der Waals surface area contributed by atoms with E-state index in [1.807, 2.05) is 90.7 Å². The van der Waals surface area contributed by atoms with Crippen LogP contribution in [-0.2, 0) is 4.74 Å². The highest BCUT2D eigenvalue weighted by Gasteiger charge is 2.27. The topological polar surface area (TPSA) is 102 Å². The van der Waals surface area contributed by atoms with Gasteiger partial charge in [0.2, 0.25) is 0 Å². The zero-order valence-corrected chi connectivity index (χ0v) is 21.7. The number of nitrogens with one attached hydrogen (secondary N) is 1. The van der Waals surface area contributed by atoms with Crippen LogP contribution in [0.1, 0.15) is 33.6 Å². The number of nitrogens with zero attached hydrogens (tertiary/aromatic N) is 7. The molecular weight excluding hydrogens is 480 g/mol. The van der Waals surface area contributed by atoms with Crippen LogP contribution in [0.2, 0.25) is 0 Å². The van der Waals surface area contributed by atoms with Crippen molar-refractivity contribution in [3.05, 3.63) is 67.1 Å². The third-order valence-electron chi connectivity index (χ3n) is 6.57. The number of aromatic nitrogens is 6. The number of carbonyl (C=O) groups excluding carboxylic acids is 1. The number of rotatable bonds is 4. The summed E-state index contributed by atoms with van der Waals surface area (Å²) in [5, 5.41) is 12.9. The van der Waals surface area contributed by atoms with Gasteiger partial charge in [0.1, 0.15) is 17.1 Å². The molecule has 0 spiro atoms. The normalized spacial score (nSPS) is 14.8. The molecular formula is C28H30N8O2. The Labute approximate surface area is 220 Å². The monoisotopic (exact) mass is 510 g/mol. The van der Waals surface area contributed by atoms with Crippen molar-refractivity contribution < 1.29 is 9.53 Å². The second-order valence-corrected chi connectivity index (χ2v) is 10.5. The quantitative estimate of drug-likeness (QED) is 0.366. The van der Waals surface area contributed by atoms with Gasteiger partial charge in [-0.05, 0) is 70.0 Å². The molecule has 0 saturated carbocycles. The molecule has 6 heterocycles. The molecule has 10 nitrogen and oxygen atoms in total. The minimum atomic E-state index is -0.489. The van der Waals surface area contributed by atoms with Gasteiger partial charge in [0.05, 0.1) is 29.3 Å². The molecule has 10 heteroatoms. The number of ether oxygens (including phenoxy) is 1. The zero-order chi connectivity index (χ0) is 26.3. The summed E-state index contributed by atoms with van der Waals surface area (Å²) in [7, 11) is 0. The Morgan fingerprint density at radius 3 is 2.66 bits per heavy atom. The number of amides is 1. The second kappa shape index (κ2) is 9.44. The third-order valence-corrected chi connectivity index (χ3v) is 6.57. The first kappa shape index (κ1) is 23.9. The lowest BCUT2D eigenvalue weighted by atomic mass is 10.1. The number of hydrogen-bond donors (Lipinski definition) is 1. The first-order valence-electron chi connectivity index (χ1n) is 12.8. The molecule has 5 aromatic heterocycles. The van der Waals surface area contributed by atoms with Crippen LogP contribution in [0.3, 0.4) is 0 Å². The number of carbonyl (C=O) groups is 1. The minimum Gasteiger partial charge on any atom is -0.444 e. The van der Waals surface area contributed by atoms with E-state index in [1.165, 1.54) is 0 Å². The van der Waals surface area contributed by atoms with Crippen molar-refractivity contribution in [2.75, 3.05) is 18.4 Å². The molecule has 1 fully saturated rings. The van der Waals surface area contributed by atoms with E-state index in [1.54, 1.807) is 11.1 Å². The van der Waals surface area contributed by atoms with Crippen molar-refractivity contribution in [3.63, 3.8) is 0 Å². The van der Waals surface area contributed by atoms with E-state index in [9.17, 15) is 4.79 Å². The number of imidazole rings is 1. The zero-order valence-electron chi connectivity index (χ0n) is 21.7. The molecule has 1 amide bonds. The number of anilines is 1. The van der Waals surface area contributed by atoms with Crippen molar-refractivity contribution in [2.45, 2.75) is 45.3 Å². The summed E-state index contributed by atoms with van der Waals surface area (Å²) in [4.78, 5) is 23.6. The highest BCUT2D eigenvalue weighted by atomic mass is 16.6. The summed E-state index contributed by atoms with van der Waals surface area (Å²) < 4.78 is 9.18. The van der Waals surface area contributed by atoms with Crippen LogP contribution in [0.5, 0.6) is 0 Å². The first-order valence-corrected chi connectivity index (χ1v) is 12.8. The van der Waals surface area contributed by atoms with Crippen LogP contribution in [0.25, 0.3) is 33.8 Å². The number of likely N-dealkylation sites (tertiary alicyclic amines) is 1. The molecule has 1 N–H and O–H groups in total. The largest absolute Gasteiger partial charge is 0.444 e. The number of hydrogen-bond acceptors (Lipinski definition) is 7. The van der Waals surface area contributed by atoms with Crippen LogP contribution < -0.4 is 5.32 Å². The van der Waals surface area contributed by atoms with E-state index in [-0.39, 0.29) is 12.1 Å². The van der Waals surface area contributed by atoms with Gasteiger partial charge in [0.25, 0.3) is 0 Å². The summed E-state index contributed by atoms with van der Waals surface area (Å²) in [5.41, 5.74) is 4.59. The molecule has 0 aliphatic carbocycles. The van der Waals surface area contributed by atoms with Gasteiger partial charge < -0.3 is 15.0 Å². The summed E-state index contributed by atoms with van der Waals surface area (Å²) in [6.07, 6.45) is 6.95. The van der Waals surface area contributed by atoms with Gasteiger partial charge in [-0.15, -0.1) is 0 Å². The molecule has 0 aromatic carbocycles. The molecule has 38 heavy (non-hydrogen) atoms. The van der Waals surface area contributed by atoms with Crippen LogP contribution in [-0.4, -0.2) is 64.9 Å². The third kappa shape index (κ3) is 4.77.